The van der Waals surface area contributed by atoms with Crippen molar-refractivity contribution in [1.82, 2.24) is 4.98 Å². The molecule has 1 heterocycles. The Balaban J connectivity index is 2.25. The number of aromatic nitrogens is 1. The van der Waals surface area contributed by atoms with Crippen molar-refractivity contribution >= 4 is 17.3 Å². The monoisotopic (exact) mass is 319 g/mol. The fourth-order valence-corrected chi connectivity index (χ4v) is 3.40. The third-order valence-corrected chi connectivity index (χ3v) is 4.79. The van der Waals surface area contributed by atoms with Crippen molar-refractivity contribution in [3.63, 3.8) is 0 Å². The van der Waals surface area contributed by atoms with Crippen LogP contribution in [-0.2, 0) is 23.1 Å². The molecule has 1 aromatic carbocycles. The van der Waals surface area contributed by atoms with Gasteiger partial charge in [0.05, 0.1) is 24.2 Å². The van der Waals surface area contributed by atoms with Gasteiger partial charge in [-0.15, -0.1) is 11.3 Å². The van der Waals surface area contributed by atoms with Crippen molar-refractivity contribution in [1.29, 1.82) is 0 Å². The van der Waals surface area contributed by atoms with E-state index < -0.39 is 5.97 Å². The summed E-state index contributed by atoms with van der Waals surface area (Å²) in [7, 11) is 1.68. The Labute approximate surface area is 134 Å². The fraction of sp³-hybridized carbons (Fsp3) is 0.412. The van der Waals surface area contributed by atoms with Gasteiger partial charge in [-0.3, -0.25) is 4.79 Å². The zero-order valence-electron chi connectivity index (χ0n) is 13.3. The highest BCUT2D eigenvalue weighted by molar-refractivity contribution is 7.09. The van der Waals surface area contributed by atoms with E-state index in [1.165, 1.54) is 16.9 Å². The van der Waals surface area contributed by atoms with Gasteiger partial charge in [-0.05, 0) is 25.0 Å². The minimum Gasteiger partial charge on any atom is -0.496 e. The molecule has 0 atom stereocenters. The van der Waals surface area contributed by atoms with E-state index in [0.29, 0.717) is 5.69 Å². The maximum atomic E-state index is 10.8. The number of methoxy groups -OCH3 is 1. The lowest BCUT2D eigenvalue weighted by Crippen LogP contribution is -2.21. The fourth-order valence-electron chi connectivity index (χ4n) is 2.45. The van der Waals surface area contributed by atoms with Crippen LogP contribution in [-0.4, -0.2) is 23.2 Å². The predicted molar refractivity (Wildman–Crippen MR) is 87.9 cm³/mol. The summed E-state index contributed by atoms with van der Waals surface area (Å²) in [6.45, 7) is 6.31. The van der Waals surface area contributed by atoms with E-state index in [4.69, 9.17) is 9.84 Å². The third kappa shape index (κ3) is 3.85. The number of carboxylic acids is 1. The molecule has 2 aromatic rings. The van der Waals surface area contributed by atoms with Gasteiger partial charge in [0, 0.05) is 10.8 Å². The molecule has 0 saturated carbocycles. The highest BCUT2D eigenvalue weighted by Gasteiger charge is 2.26. The second-order valence-corrected chi connectivity index (χ2v) is 6.95. The molecular formula is C17H21NO3S. The first-order chi connectivity index (χ1) is 10.3. The average molecular weight is 319 g/mol. The summed E-state index contributed by atoms with van der Waals surface area (Å²) < 4.78 is 5.45. The third-order valence-electron chi connectivity index (χ3n) is 3.53. The predicted octanol–water partition coefficient (Wildman–Crippen LogP) is 3.61. The van der Waals surface area contributed by atoms with Crippen LogP contribution in [0.25, 0.3) is 0 Å². The number of benzene rings is 1. The summed E-state index contributed by atoms with van der Waals surface area (Å²) in [5.41, 5.74) is 2.78. The van der Waals surface area contributed by atoms with Crippen LogP contribution in [0.4, 0.5) is 0 Å². The number of hydrogen-bond acceptors (Lipinski definition) is 4. The topological polar surface area (TPSA) is 59.4 Å². The largest absolute Gasteiger partial charge is 0.496 e. The molecule has 0 aliphatic carbocycles. The Morgan fingerprint density at radius 1 is 1.41 bits per heavy atom. The molecule has 0 radical (unpaired) electrons. The zero-order chi connectivity index (χ0) is 16.3. The number of carbonyl (C=O) groups is 1. The summed E-state index contributed by atoms with van der Waals surface area (Å²) in [5.74, 6) is 0.0241. The quantitative estimate of drug-likeness (QED) is 0.883. The number of aryl methyl sites for hydroxylation is 1. The van der Waals surface area contributed by atoms with E-state index in [9.17, 15) is 4.79 Å². The number of rotatable bonds is 6. The van der Waals surface area contributed by atoms with Gasteiger partial charge in [0.25, 0.3) is 0 Å². The Hall–Kier alpha value is -1.88. The molecule has 0 unspecified atom stereocenters. The van der Waals surface area contributed by atoms with Crippen molar-refractivity contribution in [3.05, 3.63) is 45.4 Å². The Morgan fingerprint density at radius 2 is 2.14 bits per heavy atom. The summed E-state index contributed by atoms with van der Waals surface area (Å²) in [4.78, 5) is 15.3. The number of ether oxygens (including phenoxy) is 1. The molecule has 22 heavy (non-hydrogen) atoms. The first-order valence-electron chi connectivity index (χ1n) is 7.12. The number of aliphatic carboxylic acids is 1. The van der Waals surface area contributed by atoms with Crippen LogP contribution >= 0.6 is 11.3 Å². The molecule has 5 heteroatoms. The lowest BCUT2D eigenvalue weighted by molar-refractivity contribution is -0.136. The molecule has 0 aliphatic rings. The van der Waals surface area contributed by atoms with Crippen molar-refractivity contribution < 1.29 is 14.6 Å². The van der Waals surface area contributed by atoms with Crippen molar-refractivity contribution in [2.75, 3.05) is 7.11 Å². The number of thiazole rings is 1. The number of carboxylic acid groups (broad SMARTS) is 1. The van der Waals surface area contributed by atoms with Gasteiger partial charge in [0.1, 0.15) is 5.75 Å². The summed E-state index contributed by atoms with van der Waals surface area (Å²) >= 11 is 1.52. The Kier molecular flexibility index (Phi) is 4.86. The zero-order valence-corrected chi connectivity index (χ0v) is 14.2. The minimum atomic E-state index is -0.852. The van der Waals surface area contributed by atoms with Gasteiger partial charge < -0.3 is 9.84 Å². The molecule has 0 spiro atoms. The van der Waals surface area contributed by atoms with E-state index >= 15 is 0 Å². The van der Waals surface area contributed by atoms with Crippen LogP contribution in [0.15, 0.2) is 23.6 Å². The minimum absolute atomic E-state index is 0.0274. The average Bonchev–Trinajstić information content (AvgIpc) is 2.87. The van der Waals surface area contributed by atoms with Crippen LogP contribution in [0.3, 0.4) is 0 Å². The van der Waals surface area contributed by atoms with Crippen LogP contribution in [0.5, 0.6) is 5.75 Å². The molecular weight excluding hydrogens is 298 g/mol. The molecule has 118 valence electrons. The highest BCUT2D eigenvalue weighted by Crippen LogP contribution is 2.33. The normalized spacial score (nSPS) is 11.5. The van der Waals surface area contributed by atoms with E-state index in [1.807, 2.05) is 17.5 Å². The summed E-state index contributed by atoms with van der Waals surface area (Å²) in [6.07, 6.45) is 0.762. The van der Waals surface area contributed by atoms with E-state index in [-0.39, 0.29) is 11.8 Å². The van der Waals surface area contributed by atoms with E-state index in [0.717, 1.165) is 22.7 Å². The number of nitrogens with zero attached hydrogens (tertiary/aromatic N) is 1. The highest BCUT2D eigenvalue weighted by atomic mass is 32.1. The first-order valence-corrected chi connectivity index (χ1v) is 8.00. The molecule has 0 aliphatic heterocycles. The Morgan fingerprint density at radius 3 is 2.77 bits per heavy atom. The molecule has 1 aromatic heterocycles. The van der Waals surface area contributed by atoms with Crippen LogP contribution < -0.4 is 4.74 Å². The molecule has 0 fully saturated rings. The van der Waals surface area contributed by atoms with Crippen LogP contribution in [0.2, 0.25) is 0 Å². The van der Waals surface area contributed by atoms with Crippen molar-refractivity contribution in [2.45, 2.75) is 39.0 Å². The lowest BCUT2D eigenvalue weighted by atomic mass is 9.85. The molecule has 0 amide bonds. The van der Waals surface area contributed by atoms with Crippen LogP contribution in [0.1, 0.15) is 35.7 Å². The molecule has 1 N–H and O–H groups in total. The van der Waals surface area contributed by atoms with Crippen molar-refractivity contribution in [2.24, 2.45) is 0 Å². The van der Waals surface area contributed by atoms with Gasteiger partial charge in [-0.1, -0.05) is 31.5 Å². The van der Waals surface area contributed by atoms with Gasteiger partial charge >= 0.3 is 5.97 Å². The Bertz CT molecular complexity index is 676. The van der Waals surface area contributed by atoms with Gasteiger partial charge in [-0.25, -0.2) is 4.98 Å². The second kappa shape index (κ2) is 6.48. The van der Waals surface area contributed by atoms with Crippen molar-refractivity contribution in [3.8, 4) is 5.75 Å². The smallest absolute Gasteiger partial charge is 0.309 e. The SMILES string of the molecule is COc1ccc(C)cc1CC(C)(C)c1nc(CC(=O)O)cs1. The maximum absolute atomic E-state index is 10.8. The van der Waals surface area contributed by atoms with Gasteiger partial charge in [0.2, 0.25) is 0 Å². The maximum Gasteiger partial charge on any atom is 0.309 e. The molecule has 2 rings (SSSR count). The summed E-state index contributed by atoms with van der Waals surface area (Å²) in [6, 6.07) is 6.15. The molecule has 0 saturated heterocycles. The number of hydrogen-bond donors (Lipinski definition) is 1. The first kappa shape index (κ1) is 16.5. The second-order valence-electron chi connectivity index (χ2n) is 6.09. The molecule has 0 bridgehead atoms. The van der Waals surface area contributed by atoms with E-state index in [2.05, 4.69) is 31.8 Å². The standard InChI is InChI=1S/C17H21NO3S/c1-11-5-6-14(21-4)12(7-11)9-17(2,3)16-18-13(10-22-16)8-15(19)20/h5-7,10H,8-9H2,1-4H3,(H,19,20). The van der Waals surface area contributed by atoms with E-state index in [1.54, 1.807) is 7.11 Å². The van der Waals surface area contributed by atoms with Gasteiger partial charge in [-0.2, -0.15) is 0 Å². The van der Waals surface area contributed by atoms with Crippen LogP contribution in [0, 0.1) is 6.92 Å². The lowest BCUT2D eigenvalue weighted by Gasteiger charge is -2.23. The van der Waals surface area contributed by atoms with Gasteiger partial charge in [0.15, 0.2) is 0 Å². The summed E-state index contributed by atoms with van der Waals surface area (Å²) in [5, 5.41) is 11.6. The molecule has 4 nitrogen and oxygen atoms in total.